The highest BCUT2D eigenvalue weighted by molar-refractivity contribution is 6.02. The third-order valence-corrected chi connectivity index (χ3v) is 6.91. The maximum atomic E-state index is 13.6. The van der Waals surface area contributed by atoms with Crippen LogP contribution in [0.15, 0.2) is 53.5 Å². The Morgan fingerprint density at radius 2 is 2.00 bits per heavy atom. The second-order valence-corrected chi connectivity index (χ2v) is 9.24. The van der Waals surface area contributed by atoms with Gasteiger partial charge in [0.15, 0.2) is 5.82 Å². The fraction of sp³-hybridized carbons (Fsp3) is 0.259. The molecule has 1 atom stereocenters. The van der Waals surface area contributed by atoms with E-state index in [0.29, 0.717) is 24.0 Å². The van der Waals surface area contributed by atoms with Crippen LogP contribution in [0.4, 0.5) is 10.2 Å². The van der Waals surface area contributed by atoms with Crippen LogP contribution in [0.5, 0.6) is 5.75 Å². The van der Waals surface area contributed by atoms with Gasteiger partial charge in [0.1, 0.15) is 17.1 Å². The third-order valence-electron chi connectivity index (χ3n) is 6.91. The molecule has 2 aromatic heterocycles. The van der Waals surface area contributed by atoms with E-state index in [4.69, 9.17) is 10.5 Å². The van der Waals surface area contributed by atoms with Gasteiger partial charge in [-0.1, -0.05) is 24.3 Å². The predicted molar refractivity (Wildman–Crippen MR) is 140 cm³/mol. The number of anilines is 1. The number of likely N-dealkylation sites (tertiary alicyclic amines) is 1. The largest absolute Gasteiger partial charge is 0.496 e. The number of nitrogens with two attached hydrogens (primary N) is 1. The van der Waals surface area contributed by atoms with E-state index in [0.717, 1.165) is 29.2 Å². The standard InChI is InChI=1S/C27H27FN6O4/c1-15(35)33-10-9-19(13-33)34-14-21(23-24(34)27(37)32-31-25(23)29)17-5-3-16(4-6-17)12-30-26(36)20-11-18(28)7-8-22(20)38-2/h3-8,11,14,19H,9-10,12-13H2,1-2H3,(H2,29,31)(H,30,36)(H,32,37). The highest BCUT2D eigenvalue weighted by atomic mass is 19.1. The summed E-state index contributed by atoms with van der Waals surface area (Å²) in [5, 5.41) is 9.76. The maximum absolute atomic E-state index is 13.6. The molecule has 2 aromatic carbocycles. The number of hydrogen-bond acceptors (Lipinski definition) is 6. The number of amides is 2. The fourth-order valence-electron chi connectivity index (χ4n) is 4.93. The lowest BCUT2D eigenvalue weighted by molar-refractivity contribution is -0.127. The highest BCUT2D eigenvalue weighted by Gasteiger charge is 2.29. The molecule has 0 saturated carbocycles. The zero-order valence-electron chi connectivity index (χ0n) is 21.0. The van der Waals surface area contributed by atoms with Crippen molar-refractivity contribution in [3.05, 3.63) is 76.0 Å². The zero-order valence-corrected chi connectivity index (χ0v) is 21.0. The van der Waals surface area contributed by atoms with Gasteiger partial charge in [-0.25, -0.2) is 9.49 Å². The number of benzene rings is 2. The summed E-state index contributed by atoms with van der Waals surface area (Å²) in [4.78, 5) is 39.0. The van der Waals surface area contributed by atoms with Crippen LogP contribution in [-0.2, 0) is 11.3 Å². The molecule has 0 aliphatic carbocycles. The summed E-state index contributed by atoms with van der Waals surface area (Å²) >= 11 is 0. The monoisotopic (exact) mass is 518 g/mol. The molecule has 5 rings (SSSR count). The van der Waals surface area contributed by atoms with Gasteiger partial charge in [-0.05, 0) is 35.7 Å². The minimum absolute atomic E-state index is 0.00204. The molecule has 1 unspecified atom stereocenters. The Morgan fingerprint density at radius 1 is 1.24 bits per heavy atom. The van der Waals surface area contributed by atoms with E-state index in [2.05, 4.69) is 15.5 Å². The van der Waals surface area contributed by atoms with Crippen molar-refractivity contribution in [2.75, 3.05) is 25.9 Å². The number of fused-ring (bicyclic) bond motifs is 1. The molecule has 1 aliphatic heterocycles. The van der Waals surface area contributed by atoms with E-state index in [-0.39, 0.29) is 41.2 Å². The minimum atomic E-state index is -0.529. The van der Waals surface area contributed by atoms with Gasteiger partial charge in [0.2, 0.25) is 5.91 Å². The topological polar surface area (TPSA) is 135 Å². The number of carbonyl (C=O) groups is 2. The van der Waals surface area contributed by atoms with Gasteiger partial charge in [0.05, 0.1) is 24.1 Å². The SMILES string of the molecule is COc1ccc(F)cc1C(=O)NCc1ccc(-c2cn(C3CCN(C(C)=O)C3)c3c(=O)[nH]nc(N)c23)cc1. The number of nitrogen functional groups attached to an aromatic ring is 1. The number of rotatable bonds is 6. The van der Waals surface area contributed by atoms with Gasteiger partial charge < -0.3 is 25.3 Å². The molecule has 2 amide bonds. The Bertz CT molecular complexity index is 1590. The first kappa shape index (κ1) is 25.0. The molecule has 196 valence electrons. The van der Waals surface area contributed by atoms with E-state index in [1.165, 1.54) is 26.2 Å². The fourth-order valence-corrected chi connectivity index (χ4v) is 4.93. The first-order valence-electron chi connectivity index (χ1n) is 12.1. The van der Waals surface area contributed by atoms with Gasteiger partial charge in [-0.2, -0.15) is 5.10 Å². The van der Waals surface area contributed by atoms with E-state index in [1.54, 1.807) is 4.90 Å². The molecular formula is C27H27FN6O4. The predicted octanol–water partition coefficient (Wildman–Crippen LogP) is 2.84. The summed E-state index contributed by atoms with van der Waals surface area (Å²) < 4.78 is 20.7. The van der Waals surface area contributed by atoms with Gasteiger partial charge in [0, 0.05) is 38.3 Å². The van der Waals surface area contributed by atoms with E-state index in [9.17, 15) is 18.8 Å². The van der Waals surface area contributed by atoms with Gasteiger partial charge in [-0.15, -0.1) is 0 Å². The summed E-state index contributed by atoms with van der Waals surface area (Å²) in [5.74, 6) is -0.500. The van der Waals surface area contributed by atoms with Crippen molar-refractivity contribution in [3.63, 3.8) is 0 Å². The number of nitrogens with one attached hydrogen (secondary N) is 2. The van der Waals surface area contributed by atoms with E-state index in [1.807, 2.05) is 35.0 Å². The molecule has 4 aromatic rings. The van der Waals surface area contributed by atoms with Crippen LogP contribution in [0.25, 0.3) is 22.0 Å². The van der Waals surface area contributed by atoms with Crippen molar-refractivity contribution in [1.29, 1.82) is 0 Å². The lowest BCUT2D eigenvalue weighted by Gasteiger charge is -2.15. The quantitative estimate of drug-likeness (QED) is 0.359. The first-order valence-corrected chi connectivity index (χ1v) is 12.1. The summed E-state index contributed by atoms with van der Waals surface area (Å²) in [7, 11) is 1.42. The number of halogens is 1. The lowest BCUT2D eigenvalue weighted by Crippen LogP contribution is -2.26. The van der Waals surface area contributed by atoms with Crippen molar-refractivity contribution in [2.45, 2.75) is 25.9 Å². The van der Waals surface area contributed by atoms with Crippen molar-refractivity contribution >= 4 is 28.5 Å². The first-order chi connectivity index (χ1) is 18.3. The number of ether oxygens (including phenoxy) is 1. The Labute approximate surface area is 217 Å². The number of H-pyrrole nitrogens is 1. The van der Waals surface area contributed by atoms with Crippen LogP contribution in [-0.4, -0.2) is 51.7 Å². The average molecular weight is 519 g/mol. The number of methoxy groups -OCH3 is 1. The van der Waals surface area contributed by atoms with E-state index < -0.39 is 11.7 Å². The molecule has 0 spiro atoms. The summed E-state index contributed by atoms with van der Waals surface area (Å²) in [5.41, 5.74) is 8.77. The van der Waals surface area contributed by atoms with E-state index >= 15 is 0 Å². The molecule has 38 heavy (non-hydrogen) atoms. The number of nitrogens with zero attached hydrogens (tertiary/aromatic N) is 3. The Kier molecular flexibility index (Phi) is 6.58. The van der Waals surface area contributed by atoms with Crippen LogP contribution in [0.3, 0.4) is 0 Å². The number of aromatic nitrogens is 3. The summed E-state index contributed by atoms with van der Waals surface area (Å²) in [6, 6.07) is 11.2. The van der Waals surface area contributed by atoms with Crippen molar-refractivity contribution < 1.29 is 18.7 Å². The lowest BCUT2D eigenvalue weighted by atomic mass is 10.0. The highest BCUT2D eigenvalue weighted by Crippen LogP contribution is 2.35. The zero-order chi connectivity index (χ0) is 27.0. The number of hydrogen-bond donors (Lipinski definition) is 3. The van der Waals surface area contributed by atoms with Crippen molar-refractivity contribution in [2.24, 2.45) is 0 Å². The van der Waals surface area contributed by atoms with Crippen LogP contribution < -0.4 is 21.3 Å². The molecule has 1 fully saturated rings. The summed E-state index contributed by atoms with van der Waals surface area (Å²) in [6.07, 6.45) is 2.61. The minimum Gasteiger partial charge on any atom is -0.496 e. The number of carbonyl (C=O) groups excluding carboxylic acids is 2. The van der Waals surface area contributed by atoms with Crippen LogP contribution in [0.2, 0.25) is 0 Å². The summed E-state index contributed by atoms with van der Waals surface area (Å²) in [6.45, 7) is 2.88. The Balaban J connectivity index is 1.41. The molecular weight excluding hydrogens is 491 g/mol. The molecule has 10 nitrogen and oxygen atoms in total. The second-order valence-electron chi connectivity index (χ2n) is 9.24. The van der Waals surface area contributed by atoms with Crippen LogP contribution in [0.1, 0.15) is 35.3 Å². The van der Waals surface area contributed by atoms with Crippen molar-refractivity contribution in [3.8, 4) is 16.9 Å². The average Bonchev–Trinajstić information content (AvgIpc) is 3.56. The number of aromatic amines is 1. The van der Waals surface area contributed by atoms with Crippen LogP contribution in [0, 0.1) is 5.82 Å². The normalized spacial score (nSPS) is 15.1. The molecule has 0 bridgehead atoms. The molecule has 1 aliphatic rings. The second kappa shape index (κ2) is 10.0. The molecule has 1 saturated heterocycles. The van der Waals surface area contributed by atoms with Crippen molar-refractivity contribution in [1.82, 2.24) is 25.0 Å². The molecule has 3 heterocycles. The third kappa shape index (κ3) is 4.58. The smallest absolute Gasteiger partial charge is 0.288 e. The Hall–Kier alpha value is -4.67. The molecule has 0 radical (unpaired) electrons. The Morgan fingerprint density at radius 3 is 2.68 bits per heavy atom. The van der Waals surface area contributed by atoms with Gasteiger partial charge >= 0.3 is 0 Å². The molecule has 4 N–H and O–H groups in total. The van der Waals surface area contributed by atoms with Gasteiger partial charge in [0.25, 0.3) is 11.5 Å². The van der Waals surface area contributed by atoms with Gasteiger partial charge in [-0.3, -0.25) is 14.4 Å². The van der Waals surface area contributed by atoms with Crippen LogP contribution >= 0.6 is 0 Å². The maximum Gasteiger partial charge on any atom is 0.288 e. The molecule has 11 heteroatoms.